The van der Waals surface area contributed by atoms with Crippen molar-refractivity contribution in [3.63, 3.8) is 0 Å². The maximum absolute atomic E-state index is 13.4. The van der Waals surface area contributed by atoms with Crippen LogP contribution in [0.3, 0.4) is 0 Å². The quantitative estimate of drug-likeness (QED) is 0.853. The Balaban J connectivity index is 2.63. The van der Waals surface area contributed by atoms with Gasteiger partial charge in [-0.25, -0.2) is 8.78 Å². The highest BCUT2D eigenvalue weighted by Crippen LogP contribution is 2.28. The average molecular weight is 227 g/mol. The summed E-state index contributed by atoms with van der Waals surface area (Å²) >= 11 is 1.04. The Labute approximate surface area is 88.7 Å². The van der Waals surface area contributed by atoms with E-state index in [1.165, 1.54) is 18.2 Å². The smallest absolute Gasteiger partial charge is 0.135 e. The summed E-state index contributed by atoms with van der Waals surface area (Å²) < 4.78 is 30.4. The van der Waals surface area contributed by atoms with Crippen LogP contribution in [0.15, 0.2) is 18.2 Å². The Morgan fingerprint density at radius 2 is 1.93 bits per heavy atom. The molecule has 0 saturated heterocycles. The lowest BCUT2D eigenvalue weighted by Crippen LogP contribution is -1.98. The van der Waals surface area contributed by atoms with E-state index in [0.717, 1.165) is 11.5 Å². The molecule has 3 nitrogen and oxygen atoms in total. The largest absolute Gasteiger partial charge is 0.326 e. The van der Waals surface area contributed by atoms with E-state index in [2.05, 4.69) is 9.59 Å². The van der Waals surface area contributed by atoms with Gasteiger partial charge in [-0.1, -0.05) is 10.6 Å². The lowest BCUT2D eigenvalue weighted by Gasteiger charge is -2.02. The molecule has 6 heteroatoms. The fourth-order valence-corrected chi connectivity index (χ4v) is 1.78. The molecule has 1 heterocycles. The van der Waals surface area contributed by atoms with Crippen molar-refractivity contribution in [1.82, 2.24) is 9.59 Å². The molecule has 0 saturated carbocycles. The van der Waals surface area contributed by atoms with E-state index in [-0.39, 0.29) is 17.8 Å². The second-order valence-corrected chi connectivity index (χ2v) is 3.68. The molecule has 0 aliphatic carbocycles. The Bertz CT molecular complexity index is 464. The van der Waals surface area contributed by atoms with E-state index in [1.807, 2.05) is 0 Å². The van der Waals surface area contributed by atoms with E-state index < -0.39 is 11.6 Å². The third-order valence-corrected chi connectivity index (χ3v) is 2.68. The molecule has 2 rings (SSSR count). The van der Waals surface area contributed by atoms with Crippen LogP contribution in [-0.2, 0) is 6.54 Å². The van der Waals surface area contributed by atoms with E-state index in [9.17, 15) is 8.78 Å². The average Bonchev–Trinajstić information content (AvgIpc) is 2.65. The Morgan fingerprint density at radius 3 is 2.53 bits per heavy atom. The van der Waals surface area contributed by atoms with Gasteiger partial charge in [0.2, 0.25) is 0 Å². The third-order valence-electron chi connectivity index (χ3n) is 1.94. The summed E-state index contributed by atoms with van der Waals surface area (Å²) in [5.41, 5.74) is 5.45. The molecular weight excluding hydrogens is 220 g/mol. The molecule has 78 valence electrons. The van der Waals surface area contributed by atoms with Crippen molar-refractivity contribution in [2.45, 2.75) is 6.54 Å². The SMILES string of the molecule is NCc1snnc1-c1c(F)cccc1F. The van der Waals surface area contributed by atoms with Crippen LogP contribution in [0, 0.1) is 11.6 Å². The highest BCUT2D eigenvalue weighted by atomic mass is 32.1. The highest BCUT2D eigenvalue weighted by molar-refractivity contribution is 7.05. The molecular formula is C9H7F2N3S. The molecule has 15 heavy (non-hydrogen) atoms. The first kappa shape index (κ1) is 10.1. The van der Waals surface area contributed by atoms with Gasteiger partial charge in [0, 0.05) is 6.54 Å². The molecule has 0 aliphatic rings. The van der Waals surface area contributed by atoms with Crippen LogP contribution >= 0.6 is 11.5 Å². The van der Waals surface area contributed by atoms with Crippen LogP contribution in [0.2, 0.25) is 0 Å². The van der Waals surface area contributed by atoms with Gasteiger partial charge in [0.15, 0.2) is 0 Å². The number of aromatic nitrogens is 2. The molecule has 0 bridgehead atoms. The molecule has 2 aromatic rings. The summed E-state index contributed by atoms with van der Waals surface area (Å²) in [6, 6.07) is 3.66. The van der Waals surface area contributed by atoms with Crippen molar-refractivity contribution in [3.8, 4) is 11.3 Å². The Morgan fingerprint density at radius 1 is 1.27 bits per heavy atom. The summed E-state index contributed by atoms with van der Waals surface area (Å²) in [6.45, 7) is 0.167. The third kappa shape index (κ3) is 1.73. The van der Waals surface area contributed by atoms with Crippen LogP contribution in [0.25, 0.3) is 11.3 Å². The zero-order valence-electron chi connectivity index (χ0n) is 7.58. The van der Waals surface area contributed by atoms with Gasteiger partial charge in [-0.05, 0) is 23.7 Å². The molecule has 0 spiro atoms. The van der Waals surface area contributed by atoms with Crippen LogP contribution < -0.4 is 5.73 Å². The minimum Gasteiger partial charge on any atom is -0.326 e. The summed E-state index contributed by atoms with van der Waals surface area (Å²) in [4.78, 5) is 0.569. The standard InChI is InChI=1S/C9H7F2N3S/c10-5-2-1-3-6(11)8(5)9-7(4-12)15-14-13-9/h1-3H,4,12H2. The topological polar surface area (TPSA) is 51.8 Å². The zero-order chi connectivity index (χ0) is 10.8. The number of nitrogens with two attached hydrogens (primary N) is 1. The van der Waals surface area contributed by atoms with Crippen molar-refractivity contribution in [2.75, 3.05) is 0 Å². The molecule has 1 aromatic carbocycles. The molecule has 0 atom stereocenters. The predicted molar refractivity (Wildman–Crippen MR) is 53.2 cm³/mol. The second kappa shape index (κ2) is 4.00. The van der Waals surface area contributed by atoms with E-state index in [4.69, 9.17) is 5.73 Å². The van der Waals surface area contributed by atoms with Crippen molar-refractivity contribution in [2.24, 2.45) is 5.73 Å². The van der Waals surface area contributed by atoms with Gasteiger partial charge in [0.05, 0.1) is 10.4 Å². The molecule has 0 radical (unpaired) electrons. The van der Waals surface area contributed by atoms with Crippen LogP contribution in [0.5, 0.6) is 0 Å². The van der Waals surface area contributed by atoms with Crippen molar-refractivity contribution < 1.29 is 8.78 Å². The van der Waals surface area contributed by atoms with Gasteiger partial charge >= 0.3 is 0 Å². The Hall–Kier alpha value is -1.40. The van der Waals surface area contributed by atoms with Gasteiger partial charge in [-0.2, -0.15) is 0 Å². The van der Waals surface area contributed by atoms with Gasteiger partial charge in [0.1, 0.15) is 17.3 Å². The highest BCUT2D eigenvalue weighted by Gasteiger charge is 2.17. The Kier molecular flexibility index (Phi) is 2.70. The van der Waals surface area contributed by atoms with Gasteiger partial charge < -0.3 is 5.73 Å². The van der Waals surface area contributed by atoms with Crippen LogP contribution in [-0.4, -0.2) is 9.59 Å². The van der Waals surface area contributed by atoms with Gasteiger partial charge in [-0.15, -0.1) is 5.10 Å². The fraction of sp³-hybridized carbons (Fsp3) is 0.111. The number of hydrogen-bond donors (Lipinski definition) is 1. The lowest BCUT2D eigenvalue weighted by molar-refractivity contribution is 0.588. The van der Waals surface area contributed by atoms with E-state index in [0.29, 0.717) is 4.88 Å². The maximum Gasteiger partial charge on any atom is 0.135 e. The molecule has 0 unspecified atom stereocenters. The normalized spacial score (nSPS) is 10.6. The summed E-state index contributed by atoms with van der Waals surface area (Å²) in [7, 11) is 0. The molecule has 0 amide bonds. The first-order chi connectivity index (χ1) is 7.24. The van der Waals surface area contributed by atoms with Gasteiger partial charge in [-0.3, -0.25) is 0 Å². The van der Waals surface area contributed by atoms with Crippen LogP contribution in [0.1, 0.15) is 4.88 Å². The van der Waals surface area contributed by atoms with Crippen molar-refractivity contribution >= 4 is 11.5 Å². The predicted octanol–water partition coefficient (Wildman–Crippen LogP) is 1.94. The summed E-state index contributed by atoms with van der Waals surface area (Å²) in [6.07, 6.45) is 0. The van der Waals surface area contributed by atoms with E-state index in [1.54, 1.807) is 0 Å². The lowest BCUT2D eigenvalue weighted by atomic mass is 10.1. The molecule has 2 N–H and O–H groups in total. The first-order valence-corrected chi connectivity index (χ1v) is 4.97. The molecule has 1 aromatic heterocycles. The van der Waals surface area contributed by atoms with E-state index >= 15 is 0 Å². The number of nitrogens with zero attached hydrogens (tertiary/aromatic N) is 2. The first-order valence-electron chi connectivity index (χ1n) is 4.19. The maximum atomic E-state index is 13.4. The molecule has 0 aliphatic heterocycles. The number of hydrogen-bond acceptors (Lipinski definition) is 4. The fourth-order valence-electron chi connectivity index (χ4n) is 1.26. The van der Waals surface area contributed by atoms with Gasteiger partial charge in [0.25, 0.3) is 0 Å². The van der Waals surface area contributed by atoms with Crippen molar-refractivity contribution in [1.29, 1.82) is 0 Å². The summed E-state index contributed by atoms with van der Waals surface area (Å²) in [5, 5.41) is 3.69. The number of halogens is 2. The minimum absolute atomic E-state index is 0.160. The monoisotopic (exact) mass is 227 g/mol. The minimum atomic E-state index is -0.655. The summed E-state index contributed by atoms with van der Waals surface area (Å²) in [5.74, 6) is -1.31. The molecule has 0 fully saturated rings. The number of benzene rings is 1. The second-order valence-electron chi connectivity index (χ2n) is 2.85. The van der Waals surface area contributed by atoms with Crippen molar-refractivity contribution in [3.05, 3.63) is 34.7 Å². The zero-order valence-corrected chi connectivity index (χ0v) is 8.39. The number of rotatable bonds is 2. The van der Waals surface area contributed by atoms with Crippen LogP contribution in [0.4, 0.5) is 8.78 Å².